The maximum Gasteiger partial charge on any atom is 0.227 e. The first-order valence-electron chi connectivity index (χ1n) is 5.78. The third-order valence-corrected chi connectivity index (χ3v) is 2.58. The number of carbonyl (C=O) groups excluding carboxylic acids is 1. The smallest absolute Gasteiger partial charge is 0.227 e. The van der Waals surface area contributed by atoms with Gasteiger partial charge < -0.3 is 5.73 Å². The van der Waals surface area contributed by atoms with Crippen LogP contribution in [0.4, 0.5) is 11.5 Å². The lowest BCUT2D eigenvalue weighted by Crippen LogP contribution is -2.27. The molecule has 1 heterocycles. The molecule has 0 saturated carbocycles. The van der Waals surface area contributed by atoms with Gasteiger partial charge in [0.05, 0.1) is 11.9 Å². The molecule has 0 unspecified atom stereocenters. The van der Waals surface area contributed by atoms with Crippen LogP contribution >= 0.6 is 0 Å². The third-order valence-electron chi connectivity index (χ3n) is 2.58. The van der Waals surface area contributed by atoms with E-state index >= 15 is 0 Å². The first-order chi connectivity index (χ1) is 7.79. The minimum Gasteiger partial charge on any atom is -0.397 e. The van der Waals surface area contributed by atoms with E-state index in [1.807, 2.05) is 0 Å². The molecule has 0 aliphatic rings. The number of nitrogen functional groups attached to an aromatic ring is 1. The minimum absolute atomic E-state index is 0.0807. The van der Waals surface area contributed by atoms with Gasteiger partial charge in [0, 0.05) is 13.5 Å². The van der Waals surface area contributed by atoms with Crippen molar-refractivity contribution in [2.45, 2.75) is 33.6 Å². The van der Waals surface area contributed by atoms with E-state index in [-0.39, 0.29) is 11.3 Å². The second kappa shape index (κ2) is 5.17. The lowest BCUT2D eigenvalue weighted by Gasteiger charge is -2.21. The molecule has 2 N–H and O–H groups in total. The van der Waals surface area contributed by atoms with Gasteiger partial charge in [-0.3, -0.25) is 9.69 Å². The monoisotopic (exact) mass is 235 g/mol. The summed E-state index contributed by atoms with van der Waals surface area (Å²) >= 11 is 0. The van der Waals surface area contributed by atoms with Gasteiger partial charge in [0.15, 0.2) is 0 Å². The zero-order valence-corrected chi connectivity index (χ0v) is 11.0. The highest BCUT2D eigenvalue weighted by Gasteiger charge is 2.16. The zero-order chi connectivity index (χ0) is 13.1. The molecule has 1 aromatic heterocycles. The fourth-order valence-electron chi connectivity index (χ4n) is 1.37. The van der Waals surface area contributed by atoms with E-state index in [2.05, 4.69) is 25.8 Å². The number of hydrogen-bond donors (Lipinski definition) is 1. The van der Waals surface area contributed by atoms with E-state index in [9.17, 15) is 4.79 Å². The van der Waals surface area contributed by atoms with Crippen molar-refractivity contribution in [3.05, 3.63) is 18.3 Å². The number of anilines is 2. The average molecular weight is 235 g/mol. The van der Waals surface area contributed by atoms with Gasteiger partial charge in [0.2, 0.25) is 5.91 Å². The Hall–Kier alpha value is -1.58. The predicted octanol–water partition coefficient (Wildman–Crippen LogP) is 2.45. The van der Waals surface area contributed by atoms with E-state index in [0.29, 0.717) is 17.9 Å². The number of pyridine rings is 1. The summed E-state index contributed by atoms with van der Waals surface area (Å²) in [4.78, 5) is 17.6. The van der Waals surface area contributed by atoms with E-state index in [4.69, 9.17) is 5.73 Å². The summed E-state index contributed by atoms with van der Waals surface area (Å²) in [5.41, 5.74) is 6.33. The molecule has 4 nitrogen and oxygen atoms in total. The lowest BCUT2D eigenvalue weighted by molar-refractivity contribution is -0.118. The van der Waals surface area contributed by atoms with Crippen LogP contribution in [0.3, 0.4) is 0 Å². The maximum atomic E-state index is 11.9. The number of nitrogens with two attached hydrogens (primary N) is 1. The quantitative estimate of drug-likeness (QED) is 0.875. The highest BCUT2D eigenvalue weighted by molar-refractivity contribution is 5.91. The second-order valence-electron chi connectivity index (χ2n) is 5.46. The first-order valence-corrected chi connectivity index (χ1v) is 5.78. The van der Waals surface area contributed by atoms with Crippen molar-refractivity contribution in [1.29, 1.82) is 0 Å². The van der Waals surface area contributed by atoms with E-state index in [0.717, 1.165) is 6.42 Å². The van der Waals surface area contributed by atoms with Crippen LogP contribution in [0.5, 0.6) is 0 Å². The summed E-state index contributed by atoms with van der Waals surface area (Å²) < 4.78 is 0. The highest BCUT2D eigenvalue weighted by Crippen LogP contribution is 2.22. The molecule has 0 saturated heterocycles. The van der Waals surface area contributed by atoms with Crippen molar-refractivity contribution >= 4 is 17.4 Å². The van der Waals surface area contributed by atoms with Gasteiger partial charge in [0.25, 0.3) is 0 Å². The van der Waals surface area contributed by atoms with Gasteiger partial charge in [-0.1, -0.05) is 20.8 Å². The molecule has 0 aromatic carbocycles. The summed E-state index contributed by atoms with van der Waals surface area (Å²) in [6.07, 6.45) is 2.96. The van der Waals surface area contributed by atoms with Crippen molar-refractivity contribution < 1.29 is 4.79 Å². The second-order valence-corrected chi connectivity index (χ2v) is 5.46. The zero-order valence-electron chi connectivity index (χ0n) is 11.0. The van der Waals surface area contributed by atoms with Crippen molar-refractivity contribution in [2.24, 2.45) is 5.41 Å². The van der Waals surface area contributed by atoms with E-state index in [1.165, 1.54) is 0 Å². The van der Waals surface area contributed by atoms with Gasteiger partial charge in [-0.25, -0.2) is 4.98 Å². The van der Waals surface area contributed by atoms with Crippen LogP contribution in [0, 0.1) is 5.41 Å². The SMILES string of the molecule is CN(C(=O)CCC(C)(C)C)c1ccc(N)cn1. The number of aromatic nitrogens is 1. The molecule has 0 bridgehead atoms. The van der Waals surface area contributed by atoms with Crippen molar-refractivity contribution in [3.8, 4) is 0 Å². The Labute approximate surface area is 103 Å². The van der Waals surface area contributed by atoms with Gasteiger partial charge in [-0.05, 0) is 24.0 Å². The van der Waals surface area contributed by atoms with Crippen LogP contribution in [-0.2, 0) is 4.79 Å². The highest BCUT2D eigenvalue weighted by atomic mass is 16.2. The minimum atomic E-state index is 0.0807. The van der Waals surface area contributed by atoms with Crippen LogP contribution in [0.2, 0.25) is 0 Å². The summed E-state index contributed by atoms with van der Waals surface area (Å²) in [6.45, 7) is 6.38. The Balaban J connectivity index is 2.61. The van der Waals surface area contributed by atoms with Crippen molar-refractivity contribution in [1.82, 2.24) is 4.98 Å². The topological polar surface area (TPSA) is 59.2 Å². The molecule has 0 aliphatic carbocycles. The summed E-state index contributed by atoms with van der Waals surface area (Å²) in [5, 5.41) is 0. The Morgan fingerprint density at radius 1 is 1.41 bits per heavy atom. The largest absolute Gasteiger partial charge is 0.397 e. The number of carbonyl (C=O) groups is 1. The molecule has 0 radical (unpaired) electrons. The molecular weight excluding hydrogens is 214 g/mol. The van der Waals surface area contributed by atoms with Gasteiger partial charge in [-0.2, -0.15) is 0 Å². The van der Waals surface area contributed by atoms with Crippen LogP contribution < -0.4 is 10.6 Å². The van der Waals surface area contributed by atoms with Crippen LogP contribution in [0.1, 0.15) is 33.6 Å². The molecule has 0 atom stereocenters. The van der Waals surface area contributed by atoms with Gasteiger partial charge in [-0.15, -0.1) is 0 Å². The van der Waals surface area contributed by atoms with Crippen LogP contribution in [0.25, 0.3) is 0 Å². The maximum absolute atomic E-state index is 11.9. The molecule has 4 heteroatoms. The molecule has 94 valence electrons. The van der Waals surface area contributed by atoms with Gasteiger partial charge >= 0.3 is 0 Å². The molecule has 0 aliphatic heterocycles. The molecule has 0 fully saturated rings. The lowest BCUT2D eigenvalue weighted by atomic mass is 9.90. The van der Waals surface area contributed by atoms with Crippen LogP contribution in [0.15, 0.2) is 18.3 Å². The Bertz CT molecular complexity index is 379. The summed E-state index contributed by atoms with van der Waals surface area (Å²) in [7, 11) is 1.74. The van der Waals surface area contributed by atoms with Crippen molar-refractivity contribution in [3.63, 3.8) is 0 Å². The molecule has 1 amide bonds. The number of rotatable bonds is 3. The van der Waals surface area contributed by atoms with Gasteiger partial charge in [0.1, 0.15) is 5.82 Å². The van der Waals surface area contributed by atoms with E-state index < -0.39 is 0 Å². The van der Waals surface area contributed by atoms with E-state index in [1.54, 1.807) is 30.3 Å². The number of nitrogens with zero attached hydrogens (tertiary/aromatic N) is 2. The fraction of sp³-hybridized carbons (Fsp3) is 0.538. The molecule has 0 spiro atoms. The Morgan fingerprint density at radius 3 is 2.53 bits per heavy atom. The molecule has 1 aromatic rings. The molecular formula is C13H21N3O. The summed E-state index contributed by atoms with van der Waals surface area (Å²) in [5.74, 6) is 0.718. The predicted molar refractivity (Wildman–Crippen MR) is 70.7 cm³/mol. The standard InChI is InChI=1S/C13H21N3O/c1-13(2,3)8-7-12(17)16(4)11-6-5-10(14)9-15-11/h5-6,9H,7-8,14H2,1-4H3. The normalized spacial score (nSPS) is 11.3. The third kappa shape index (κ3) is 4.43. The average Bonchev–Trinajstić information content (AvgIpc) is 2.25. The Kier molecular flexibility index (Phi) is 4.10. The Morgan fingerprint density at radius 2 is 2.06 bits per heavy atom. The first kappa shape index (κ1) is 13.5. The fourth-order valence-corrected chi connectivity index (χ4v) is 1.37. The number of amides is 1. The van der Waals surface area contributed by atoms with Crippen molar-refractivity contribution in [2.75, 3.05) is 17.7 Å². The molecule has 17 heavy (non-hydrogen) atoms. The molecule has 1 rings (SSSR count). The number of hydrogen-bond acceptors (Lipinski definition) is 3. The summed E-state index contributed by atoms with van der Waals surface area (Å²) in [6, 6.07) is 3.50. The van der Waals surface area contributed by atoms with Crippen LogP contribution in [-0.4, -0.2) is 17.9 Å².